The van der Waals surface area contributed by atoms with Gasteiger partial charge in [0.1, 0.15) is 6.61 Å². The van der Waals surface area contributed by atoms with Crippen molar-refractivity contribution in [2.75, 3.05) is 13.4 Å². The highest BCUT2D eigenvalue weighted by Crippen LogP contribution is 2.32. The summed E-state index contributed by atoms with van der Waals surface area (Å²) in [5.41, 5.74) is 1.10. The molecule has 2 heterocycles. The minimum absolute atomic E-state index is 0.0490. The molecule has 0 radical (unpaired) electrons. The van der Waals surface area contributed by atoms with Crippen LogP contribution in [0, 0.1) is 0 Å². The molecule has 2 aliphatic rings. The molecular formula is C11H11NO4. The molecule has 3 rings (SSSR count). The summed E-state index contributed by atoms with van der Waals surface area (Å²) in [6, 6.07) is 5.84. The van der Waals surface area contributed by atoms with Gasteiger partial charge < -0.3 is 19.5 Å². The number of amides is 1. The summed E-state index contributed by atoms with van der Waals surface area (Å²) in [4.78, 5) is 10.9. The van der Waals surface area contributed by atoms with Crippen LogP contribution in [-0.4, -0.2) is 25.5 Å². The number of fused-ring (bicyclic) bond motifs is 1. The van der Waals surface area contributed by atoms with Gasteiger partial charge in [-0.1, -0.05) is 6.07 Å². The van der Waals surface area contributed by atoms with E-state index in [0.717, 1.165) is 23.5 Å². The number of hydrogen-bond acceptors (Lipinski definition) is 4. The number of carbonyl (C=O) groups excluding carboxylic acids is 1. The second-order valence-corrected chi connectivity index (χ2v) is 3.83. The van der Waals surface area contributed by atoms with E-state index in [1.165, 1.54) is 0 Å². The Balaban J connectivity index is 1.73. The predicted molar refractivity (Wildman–Crippen MR) is 54.5 cm³/mol. The SMILES string of the molecule is O=C1N[C@H](Cc2ccc3c(c2)OCO3)CO1. The first-order valence-corrected chi connectivity index (χ1v) is 5.13. The molecule has 0 saturated carbocycles. The van der Waals surface area contributed by atoms with Gasteiger partial charge in [0.15, 0.2) is 11.5 Å². The van der Waals surface area contributed by atoms with Gasteiger partial charge in [0.2, 0.25) is 6.79 Å². The third-order valence-electron chi connectivity index (χ3n) is 2.66. The van der Waals surface area contributed by atoms with Crippen molar-refractivity contribution in [3.63, 3.8) is 0 Å². The van der Waals surface area contributed by atoms with E-state index >= 15 is 0 Å². The lowest BCUT2D eigenvalue weighted by molar-refractivity contribution is 0.173. The number of benzene rings is 1. The Morgan fingerprint density at radius 2 is 2.12 bits per heavy atom. The number of nitrogens with one attached hydrogen (secondary N) is 1. The van der Waals surface area contributed by atoms with Crippen LogP contribution in [-0.2, 0) is 11.2 Å². The monoisotopic (exact) mass is 221 g/mol. The fourth-order valence-corrected chi connectivity index (χ4v) is 1.89. The summed E-state index contributed by atoms with van der Waals surface area (Å²) in [5, 5.41) is 2.74. The number of ether oxygens (including phenoxy) is 3. The topological polar surface area (TPSA) is 56.8 Å². The van der Waals surface area contributed by atoms with E-state index in [-0.39, 0.29) is 18.9 Å². The van der Waals surface area contributed by atoms with E-state index in [2.05, 4.69) is 5.32 Å². The quantitative estimate of drug-likeness (QED) is 0.811. The maximum Gasteiger partial charge on any atom is 0.407 e. The van der Waals surface area contributed by atoms with E-state index in [1.54, 1.807) is 0 Å². The standard InChI is InChI=1S/C11H11NO4/c13-11-12-8(5-14-11)3-7-1-2-9-10(4-7)16-6-15-9/h1-2,4,8H,3,5-6H2,(H,12,13)/t8-/m1/s1. The molecule has 5 heteroatoms. The van der Waals surface area contributed by atoms with Crippen molar-refractivity contribution in [3.8, 4) is 11.5 Å². The fourth-order valence-electron chi connectivity index (χ4n) is 1.89. The largest absolute Gasteiger partial charge is 0.454 e. The second-order valence-electron chi connectivity index (χ2n) is 3.83. The maximum absolute atomic E-state index is 10.9. The molecule has 16 heavy (non-hydrogen) atoms. The molecule has 1 aromatic rings. The summed E-state index contributed by atoms with van der Waals surface area (Å²) < 4.78 is 15.3. The number of cyclic esters (lactones) is 1. The molecule has 84 valence electrons. The second kappa shape index (κ2) is 3.59. The normalized spacial score (nSPS) is 21.8. The van der Waals surface area contributed by atoms with Gasteiger partial charge in [-0.25, -0.2) is 4.79 Å². The predicted octanol–water partition coefficient (Wildman–Crippen LogP) is 1.07. The molecule has 0 unspecified atom stereocenters. The van der Waals surface area contributed by atoms with Gasteiger partial charge in [0.25, 0.3) is 0 Å². The average Bonchev–Trinajstić information content (AvgIpc) is 2.87. The first-order chi connectivity index (χ1) is 7.81. The Hall–Kier alpha value is -1.91. The van der Waals surface area contributed by atoms with Gasteiger partial charge in [-0.05, 0) is 24.1 Å². The molecule has 1 fully saturated rings. The van der Waals surface area contributed by atoms with Crippen LogP contribution in [0.4, 0.5) is 4.79 Å². The molecule has 5 nitrogen and oxygen atoms in total. The molecule has 2 aliphatic heterocycles. The Morgan fingerprint density at radius 1 is 1.25 bits per heavy atom. The highest BCUT2D eigenvalue weighted by molar-refractivity contribution is 5.69. The van der Waals surface area contributed by atoms with Crippen molar-refractivity contribution in [1.82, 2.24) is 5.32 Å². The van der Waals surface area contributed by atoms with E-state index in [1.807, 2.05) is 18.2 Å². The molecular weight excluding hydrogens is 210 g/mol. The third-order valence-corrected chi connectivity index (χ3v) is 2.66. The zero-order chi connectivity index (χ0) is 11.0. The van der Waals surface area contributed by atoms with Gasteiger partial charge in [0, 0.05) is 0 Å². The highest BCUT2D eigenvalue weighted by atomic mass is 16.7. The van der Waals surface area contributed by atoms with Crippen molar-refractivity contribution in [2.45, 2.75) is 12.5 Å². The molecule has 1 amide bonds. The van der Waals surface area contributed by atoms with E-state index in [9.17, 15) is 4.79 Å². The Labute approximate surface area is 92.3 Å². The van der Waals surface area contributed by atoms with Crippen LogP contribution in [0.25, 0.3) is 0 Å². The Kier molecular flexibility index (Phi) is 2.09. The van der Waals surface area contributed by atoms with Crippen molar-refractivity contribution >= 4 is 6.09 Å². The van der Waals surface area contributed by atoms with Gasteiger partial charge in [-0.15, -0.1) is 0 Å². The molecule has 0 bridgehead atoms. The zero-order valence-corrected chi connectivity index (χ0v) is 8.56. The van der Waals surface area contributed by atoms with Gasteiger partial charge >= 0.3 is 6.09 Å². The van der Waals surface area contributed by atoms with Crippen molar-refractivity contribution < 1.29 is 19.0 Å². The number of hydrogen-bond donors (Lipinski definition) is 1. The van der Waals surface area contributed by atoms with Crippen LogP contribution in [0.1, 0.15) is 5.56 Å². The van der Waals surface area contributed by atoms with Crippen LogP contribution in [0.3, 0.4) is 0 Å². The zero-order valence-electron chi connectivity index (χ0n) is 8.56. The summed E-state index contributed by atoms with van der Waals surface area (Å²) in [6.45, 7) is 0.704. The average molecular weight is 221 g/mol. The lowest BCUT2D eigenvalue weighted by Gasteiger charge is -2.07. The number of rotatable bonds is 2. The lowest BCUT2D eigenvalue weighted by atomic mass is 10.1. The highest BCUT2D eigenvalue weighted by Gasteiger charge is 2.23. The van der Waals surface area contributed by atoms with Gasteiger partial charge in [-0.3, -0.25) is 0 Å². The van der Waals surface area contributed by atoms with Crippen molar-refractivity contribution in [2.24, 2.45) is 0 Å². The summed E-state index contributed by atoms with van der Waals surface area (Å²) in [5.74, 6) is 1.54. The van der Waals surface area contributed by atoms with E-state index < -0.39 is 0 Å². The Morgan fingerprint density at radius 3 is 2.94 bits per heavy atom. The van der Waals surface area contributed by atoms with Crippen LogP contribution in [0.15, 0.2) is 18.2 Å². The van der Waals surface area contributed by atoms with Crippen molar-refractivity contribution in [3.05, 3.63) is 23.8 Å². The minimum atomic E-state index is -0.342. The van der Waals surface area contributed by atoms with E-state index in [0.29, 0.717) is 6.61 Å². The first-order valence-electron chi connectivity index (χ1n) is 5.13. The molecule has 1 saturated heterocycles. The summed E-state index contributed by atoms with van der Waals surface area (Å²) >= 11 is 0. The smallest absolute Gasteiger partial charge is 0.407 e. The molecule has 0 spiro atoms. The fraction of sp³-hybridized carbons (Fsp3) is 0.364. The minimum Gasteiger partial charge on any atom is -0.454 e. The summed E-state index contributed by atoms with van der Waals surface area (Å²) in [7, 11) is 0. The van der Waals surface area contributed by atoms with Crippen LogP contribution < -0.4 is 14.8 Å². The van der Waals surface area contributed by atoms with Crippen LogP contribution in [0.5, 0.6) is 11.5 Å². The number of carbonyl (C=O) groups is 1. The van der Waals surface area contributed by atoms with Gasteiger partial charge in [0.05, 0.1) is 6.04 Å². The summed E-state index contributed by atoms with van der Waals surface area (Å²) in [6.07, 6.45) is 0.397. The lowest BCUT2D eigenvalue weighted by Crippen LogP contribution is -2.28. The molecule has 0 aromatic heterocycles. The third kappa shape index (κ3) is 1.64. The number of alkyl carbamates (subject to hydrolysis) is 1. The van der Waals surface area contributed by atoms with Crippen LogP contribution in [0.2, 0.25) is 0 Å². The van der Waals surface area contributed by atoms with Gasteiger partial charge in [-0.2, -0.15) is 0 Å². The Bertz CT molecular complexity index is 432. The molecule has 0 aliphatic carbocycles. The maximum atomic E-state index is 10.9. The van der Waals surface area contributed by atoms with Crippen LogP contribution >= 0.6 is 0 Å². The first kappa shape index (κ1) is 9.33. The molecule has 1 atom stereocenters. The van der Waals surface area contributed by atoms with E-state index in [4.69, 9.17) is 14.2 Å². The van der Waals surface area contributed by atoms with Crippen molar-refractivity contribution in [1.29, 1.82) is 0 Å². The molecule has 1 aromatic carbocycles. The molecule has 1 N–H and O–H groups in total.